The average Bonchev–Trinajstić information content (AvgIpc) is 2.62. The van der Waals surface area contributed by atoms with Gasteiger partial charge in [0.1, 0.15) is 5.75 Å². The second-order valence-corrected chi connectivity index (χ2v) is 5.06. The van der Waals surface area contributed by atoms with Crippen LogP contribution in [0, 0.1) is 0 Å². The van der Waals surface area contributed by atoms with Gasteiger partial charge in [-0.15, -0.1) is 0 Å². The van der Waals surface area contributed by atoms with Crippen molar-refractivity contribution in [2.75, 3.05) is 12.4 Å². The molecular formula is C18H16N4O2. The second-order valence-electron chi connectivity index (χ2n) is 5.06. The molecule has 3 rings (SSSR count). The topological polar surface area (TPSA) is 90.1 Å². The first kappa shape index (κ1) is 15.5. The van der Waals surface area contributed by atoms with Gasteiger partial charge in [0.15, 0.2) is 0 Å². The molecule has 0 saturated heterocycles. The summed E-state index contributed by atoms with van der Waals surface area (Å²) < 4.78 is 5.16. The van der Waals surface area contributed by atoms with Gasteiger partial charge in [-0.25, -0.2) is 9.97 Å². The molecule has 0 saturated carbocycles. The van der Waals surface area contributed by atoms with E-state index in [-0.39, 0.29) is 0 Å². The third kappa shape index (κ3) is 3.49. The van der Waals surface area contributed by atoms with Crippen molar-refractivity contribution >= 4 is 17.5 Å². The van der Waals surface area contributed by atoms with E-state index < -0.39 is 5.91 Å². The first-order valence-corrected chi connectivity index (χ1v) is 7.30. The lowest BCUT2D eigenvalue weighted by molar-refractivity contribution is 0.100. The van der Waals surface area contributed by atoms with E-state index in [2.05, 4.69) is 15.3 Å². The number of hydrogen-bond acceptors (Lipinski definition) is 5. The first-order chi connectivity index (χ1) is 11.7. The Labute approximate surface area is 139 Å². The Balaban J connectivity index is 1.80. The van der Waals surface area contributed by atoms with Crippen molar-refractivity contribution in [3.05, 3.63) is 66.4 Å². The minimum Gasteiger partial charge on any atom is -0.497 e. The molecule has 0 unspecified atom stereocenters. The molecule has 3 N–H and O–H groups in total. The zero-order valence-corrected chi connectivity index (χ0v) is 13.1. The van der Waals surface area contributed by atoms with Gasteiger partial charge in [0.05, 0.1) is 12.8 Å². The Bertz CT molecular complexity index is 846. The monoisotopic (exact) mass is 320 g/mol. The van der Waals surface area contributed by atoms with Crippen LogP contribution < -0.4 is 15.8 Å². The number of hydrogen-bond donors (Lipinski definition) is 2. The fraction of sp³-hybridized carbons (Fsp3) is 0.0556. The number of amides is 1. The molecule has 120 valence electrons. The van der Waals surface area contributed by atoms with Crippen molar-refractivity contribution in [1.29, 1.82) is 0 Å². The number of benzene rings is 2. The highest BCUT2D eigenvalue weighted by Crippen LogP contribution is 2.22. The maximum atomic E-state index is 11.1. The van der Waals surface area contributed by atoms with E-state index in [9.17, 15) is 4.79 Å². The Morgan fingerprint density at radius 3 is 2.38 bits per heavy atom. The molecule has 3 aromatic rings. The van der Waals surface area contributed by atoms with Crippen LogP contribution in [0.15, 0.2) is 60.8 Å². The summed E-state index contributed by atoms with van der Waals surface area (Å²) in [6.07, 6.45) is 1.69. The van der Waals surface area contributed by atoms with Gasteiger partial charge in [-0.2, -0.15) is 0 Å². The van der Waals surface area contributed by atoms with E-state index in [1.807, 2.05) is 30.3 Å². The molecule has 0 spiro atoms. The number of carbonyl (C=O) groups excluding carboxylic acids is 1. The normalized spacial score (nSPS) is 10.2. The van der Waals surface area contributed by atoms with Crippen LogP contribution >= 0.6 is 0 Å². The smallest absolute Gasteiger partial charge is 0.248 e. The third-order valence-electron chi connectivity index (χ3n) is 3.47. The maximum Gasteiger partial charge on any atom is 0.248 e. The largest absolute Gasteiger partial charge is 0.497 e. The summed E-state index contributed by atoms with van der Waals surface area (Å²) in [5, 5.41) is 3.10. The SMILES string of the molecule is COc1ccc(-c2ccnc(Nc3ccc(C(N)=O)cc3)n2)cc1. The third-order valence-corrected chi connectivity index (χ3v) is 3.47. The highest BCUT2D eigenvalue weighted by molar-refractivity contribution is 5.93. The van der Waals surface area contributed by atoms with Gasteiger partial charge in [-0.3, -0.25) is 4.79 Å². The molecule has 1 aromatic heterocycles. The number of nitrogens with zero attached hydrogens (tertiary/aromatic N) is 2. The fourth-order valence-corrected chi connectivity index (χ4v) is 2.19. The lowest BCUT2D eigenvalue weighted by Crippen LogP contribution is -2.10. The lowest BCUT2D eigenvalue weighted by atomic mass is 10.1. The zero-order valence-electron chi connectivity index (χ0n) is 13.1. The number of methoxy groups -OCH3 is 1. The molecule has 6 heteroatoms. The highest BCUT2D eigenvalue weighted by atomic mass is 16.5. The first-order valence-electron chi connectivity index (χ1n) is 7.30. The summed E-state index contributed by atoms with van der Waals surface area (Å²) in [5.74, 6) is 0.801. The van der Waals surface area contributed by atoms with E-state index in [1.165, 1.54) is 0 Å². The Morgan fingerprint density at radius 2 is 1.75 bits per heavy atom. The number of ether oxygens (including phenoxy) is 1. The van der Waals surface area contributed by atoms with Crippen molar-refractivity contribution in [2.24, 2.45) is 5.73 Å². The van der Waals surface area contributed by atoms with Crippen LogP contribution in [0.25, 0.3) is 11.3 Å². The molecule has 6 nitrogen and oxygen atoms in total. The van der Waals surface area contributed by atoms with Gasteiger partial charge >= 0.3 is 0 Å². The number of anilines is 2. The molecule has 0 fully saturated rings. The van der Waals surface area contributed by atoms with E-state index in [0.717, 1.165) is 22.7 Å². The predicted molar refractivity (Wildman–Crippen MR) is 92.3 cm³/mol. The molecular weight excluding hydrogens is 304 g/mol. The minimum atomic E-state index is -0.459. The van der Waals surface area contributed by atoms with E-state index >= 15 is 0 Å². The molecule has 0 aliphatic rings. The van der Waals surface area contributed by atoms with E-state index in [4.69, 9.17) is 10.5 Å². The molecule has 0 bridgehead atoms. The summed E-state index contributed by atoms with van der Waals surface area (Å²) in [4.78, 5) is 19.8. The molecule has 0 aliphatic carbocycles. The minimum absolute atomic E-state index is 0.452. The van der Waals surface area contributed by atoms with Gasteiger partial charge in [-0.05, 0) is 54.6 Å². The van der Waals surface area contributed by atoms with Gasteiger partial charge < -0.3 is 15.8 Å². The lowest BCUT2D eigenvalue weighted by Gasteiger charge is -2.07. The van der Waals surface area contributed by atoms with Crippen LogP contribution in [0.4, 0.5) is 11.6 Å². The molecule has 24 heavy (non-hydrogen) atoms. The summed E-state index contributed by atoms with van der Waals surface area (Å²) in [5.41, 5.74) is 8.21. The van der Waals surface area contributed by atoms with E-state index in [0.29, 0.717) is 11.5 Å². The van der Waals surface area contributed by atoms with Crippen LogP contribution in [0.5, 0.6) is 5.75 Å². The Morgan fingerprint density at radius 1 is 1.04 bits per heavy atom. The number of nitrogens with two attached hydrogens (primary N) is 1. The molecule has 1 amide bonds. The van der Waals surface area contributed by atoms with Gasteiger partial charge in [-0.1, -0.05) is 0 Å². The summed E-state index contributed by atoms with van der Waals surface area (Å²) in [6.45, 7) is 0. The molecule has 0 atom stereocenters. The number of primary amides is 1. The van der Waals surface area contributed by atoms with Crippen LogP contribution in [0.3, 0.4) is 0 Å². The van der Waals surface area contributed by atoms with Gasteiger partial charge in [0, 0.05) is 23.0 Å². The van der Waals surface area contributed by atoms with Crippen molar-refractivity contribution in [3.8, 4) is 17.0 Å². The zero-order chi connectivity index (χ0) is 16.9. The predicted octanol–water partition coefficient (Wildman–Crippen LogP) is 2.99. The molecule has 1 heterocycles. The van der Waals surface area contributed by atoms with Crippen molar-refractivity contribution in [1.82, 2.24) is 9.97 Å². The van der Waals surface area contributed by atoms with Crippen molar-refractivity contribution in [2.45, 2.75) is 0 Å². The van der Waals surface area contributed by atoms with Crippen LogP contribution in [-0.4, -0.2) is 23.0 Å². The summed E-state index contributed by atoms with van der Waals surface area (Å²) in [7, 11) is 1.63. The molecule has 0 aliphatic heterocycles. The van der Waals surface area contributed by atoms with E-state index in [1.54, 1.807) is 37.6 Å². The number of nitrogens with one attached hydrogen (secondary N) is 1. The maximum absolute atomic E-state index is 11.1. The van der Waals surface area contributed by atoms with Gasteiger partial charge in [0.25, 0.3) is 0 Å². The highest BCUT2D eigenvalue weighted by Gasteiger charge is 2.04. The standard InChI is InChI=1S/C18H16N4O2/c1-24-15-8-4-12(5-9-15)16-10-11-20-18(22-16)21-14-6-2-13(3-7-14)17(19)23/h2-11H,1H3,(H2,19,23)(H,20,21,22). The van der Waals surface area contributed by atoms with Crippen molar-refractivity contribution < 1.29 is 9.53 Å². The summed E-state index contributed by atoms with van der Waals surface area (Å²) >= 11 is 0. The average molecular weight is 320 g/mol. The second kappa shape index (κ2) is 6.78. The number of aromatic nitrogens is 2. The van der Waals surface area contributed by atoms with Crippen LogP contribution in [-0.2, 0) is 0 Å². The van der Waals surface area contributed by atoms with Crippen LogP contribution in [0.2, 0.25) is 0 Å². The Kier molecular flexibility index (Phi) is 4.38. The number of rotatable bonds is 5. The van der Waals surface area contributed by atoms with Crippen LogP contribution in [0.1, 0.15) is 10.4 Å². The Hall–Kier alpha value is -3.41. The molecule has 2 aromatic carbocycles. The molecule has 0 radical (unpaired) electrons. The van der Waals surface area contributed by atoms with Gasteiger partial charge in [0.2, 0.25) is 11.9 Å². The quantitative estimate of drug-likeness (QED) is 0.754. The number of carbonyl (C=O) groups is 1. The summed E-state index contributed by atoms with van der Waals surface area (Å²) in [6, 6.07) is 16.3. The van der Waals surface area contributed by atoms with Crippen molar-refractivity contribution in [3.63, 3.8) is 0 Å². The fourth-order valence-electron chi connectivity index (χ4n) is 2.19.